The number of carbonyl (C=O) groups excluding carboxylic acids is 1. The molecular weight excluding hydrogens is 252 g/mol. The van der Waals surface area contributed by atoms with E-state index in [1.807, 2.05) is 5.43 Å². The fourth-order valence-electron chi connectivity index (χ4n) is 1.51. The minimum absolute atomic E-state index is 0.133. The van der Waals surface area contributed by atoms with Gasteiger partial charge in [-0.1, -0.05) is 0 Å². The summed E-state index contributed by atoms with van der Waals surface area (Å²) in [7, 11) is 1.60. The van der Waals surface area contributed by atoms with Crippen LogP contribution >= 0.6 is 0 Å². The van der Waals surface area contributed by atoms with E-state index in [9.17, 15) is 14.9 Å². The summed E-state index contributed by atoms with van der Waals surface area (Å²) in [5.74, 6) is 4.47. The third kappa shape index (κ3) is 4.19. The molecule has 0 bridgehead atoms. The Balaban J connectivity index is 2.89. The molecule has 0 spiro atoms. The Morgan fingerprint density at radius 1 is 1.53 bits per heavy atom. The van der Waals surface area contributed by atoms with Crippen LogP contribution in [0.3, 0.4) is 0 Å². The third-order valence-corrected chi connectivity index (χ3v) is 2.43. The van der Waals surface area contributed by atoms with Crippen LogP contribution in [0.2, 0.25) is 0 Å². The molecule has 1 rings (SSSR count). The fraction of sp³-hybridized carbons (Fsp3) is 0.364. The number of nitrogens with zero attached hydrogens (tertiary/aromatic N) is 1. The molecule has 8 nitrogen and oxygen atoms in total. The smallest absolute Gasteiger partial charge is 0.270 e. The number of nitrogens with one attached hydrogen (secondary N) is 2. The van der Waals surface area contributed by atoms with Crippen LogP contribution in [0.15, 0.2) is 18.2 Å². The van der Waals surface area contributed by atoms with Crippen LogP contribution in [0, 0.1) is 10.1 Å². The Bertz CT molecular complexity index is 464. The minimum atomic E-state index is -0.585. The molecule has 0 fully saturated rings. The van der Waals surface area contributed by atoms with Crippen molar-refractivity contribution in [3.63, 3.8) is 0 Å². The Labute approximate surface area is 110 Å². The lowest BCUT2D eigenvalue weighted by Crippen LogP contribution is -2.30. The summed E-state index contributed by atoms with van der Waals surface area (Å²) in [6.45, 7) is 1.16. The summed E-state index contributed by atoms with van der Waals surface area (Å²) >= 11 is 0. The summed E-state index contributed by atoms with van der Waals surface area (Å²) in [5.41, 5.74) is 2.42. The van der Waals surface area contributed by atoms with Crippen molar-refractivity contribution in [1.82, 2.24) is 5.43 Å². The average molecular weight is 268 g/mol. The van der Waals surface area contributed by atoms with Gasteiger partial charge in [-0.2, -0.15) is 0 Å². The highest BCUT2D eigenvalue weighted by Gasteiger charge is 2.15. The number of rotatable bonds is 7. The SMILES string of the molecule is COCCCNc1ccc([N+](=O)[O-])cc1C(=O)NN. The third-order valence-electron chi connectivity index (χ3n) is 2.43. The number of nitrogens with two attached hydrogens (primary N) is 1. The van der Waals surface area contributed by atoms with Gasteiger partial charge < -0.3 is 10.1 Å². The largest absolute Gasteiger partial charge is 0.385 e. The van der Waals surface area contributed by atoms with Gasteiger partial charge in [0.15, 0.2) is 0 Å². The molecule has 0 unspecified atom stereocenters. The van der Waals surface area contributed by atoms with E-state index in [0.717, 1.165) is 6.42 Å². The summed E-state index contributed by atoms with van der Waals surface area (Å²) in [5, 5.41) is 13.7. The zero-order chi connectivity index (χ0) is 14.3. The Morgan fingerprint density at radius 2 is 2.26 bits per heavy atom. The quantitative estimate of drug-likeness (QED) is 0.219. The molecule has 0 saturated carbocycles. The van der Waals surface area contributed by atoms with Crippen molar-refractivity contribution >= 4 is 17.3 Å². The first-order valence-electron chi connectivity index (χ1n) is 5.62. The molecule has 0 aromatic heterocycles. The lowest BCUT2D eigenvalue weighted by molar-refractivity contribution is -0.384. The van der Waals surface area contributed by atoms with Crippen LogP contribution in [-0.4, -0.2) is 31.1 Å². The number of hydrazine groups is 1. The molecule has 0 radical (unpaired) electrons. The van der Waals surface area contributed by atoms with Crippen LogP contribution < -0.4 is 16.6 Å². The zero-order valence-electron chi connectivity index (χ0n) is 10.5. The van der Waals surface area contributed by atoms with Crippen LogP contribution in [0.5, 0.6) is 0 Å². The number of non-ortho nitro benzene ring substituents is 1. The highest BCUT2D eigenvalue weighted by Crippen LogP contribution is 2.22. The van der Waals surface area contributed by atoms with Crippen LogP contribution in [0.25, 0.3) is 0 Å². The molecule has 0 heterocycles. The zero-order valence-corrected chi connectivity index (χ0v) is 10.5. The number of hydrogen-bond donors (Lipinski definition) is 3. The highest BCUT2D eigenvalue weighted by atomic mass is 16.6. The van der Waals surface area contributed by atoms with E-state index < -0.39 is 10.8 Å². The number of nitro benzene ring substituents is 1. The normalized spacial score (nSPS) is 10.0. The number of nitro groups is 1. The van der Waals surface area contributed by atoms with E-state index in [2.05, 4.69) is 5.32 Å². The molecule has 1 aromatic carbocycles. The first-order valence-corrected chi connectivity index (χ1v) is 5.62. The molecule has 8 heteroatoms. The topological polar surface area (TPSA) is 120 Å². The van der Waals surface area contributed by atoms with E-state index in [-0.39, 0.29) is 11.3 Å². The predicted molar refractivity (Wildman–Crippen MR) is 69.7 cm³/mol. The Hall–Kier alpha value is -2.19. The molecule has 0 aliphatic carbocycles. The monoisotopic (exact) mass is 268 g/mol. The number of amides is 1. The first kappa shape index (κ1) is 14.9. The van der Waals surface area contributed by atoms with Gasteiger partial charge in [-0.15, -0.1) is 0 Å². The number of methoxy groups -OCH3 is 1. The molecule has 0 saturated heterocycles. The van der Waals surface area contributed by atoms with Crippen LogP contribution in [0.1, 0.15) is 16.8 Å². The van der Waals surface area contributed by atoms with Crippen molar-refractivity contribution in [2.75, 3.05) is 25.6 Å². The summed E-state index contributed by atoms with van der Waals surface area (Å²) in [6.07, 6.45) is 0.747. The summed E-state index contributed by atoms with van der Waals surface area (Å²) in [4.78, 5) is 21.7. The molecule has 104 valence electrons. The van der Waals surface area contributed by atoms with Gasteiger partial charge in [-0.05, 0) is 12.5 Å². The molecule has 1 aromatic rings. The van der Waals surface area contributed by atoms with E-state index >= 15 is 0 Å². The van der Waals surface area contributed by atoms with Gasteiger partial charge >= 0.3 is 0 Å². The van der Waals surface area contributed by atoms with Crippen molar-refractivity contribution in [3.8, 4) is 0 Å². The highest BCUT2D eigenvalue weighted by molar-refractivity contribution is 5.99. The Morgan fingerprint density at radius 3 is 2.84 bits per heavy atom. The lowest BCUT2D eigenvalue weighted by atomic mass is 10.1. The fourth-order valence-corrected chi connectivity index (χ4v) is 1.51. The van der Waals surface area contributed by atoms with Crippen LogP contribution in [0.4, 0.5) is 11.4 Å². The molecule has 0 aliphatic heterocycles. The van der Waals surface area contributed by atoms with Crippen LogP contribution in [-0.2, 0) is 4.74 Å². The maximum atomic E-state index is 11.6. The number of nitrogen functional groups attached to an aromatic ring is 1. The summed E-state index contributed by atoms with van der Waals surface area (Å²) in [6, 6.07) is 3.99. The second kappa shape index (κ2) is 7.29. The molecule has 0 aliphatic rings. The standard InChI is InChI=1S/C11H16N4O4/c1-19-6-2-5-13-10-4-3-8(15(17)18)7-9(10)11(16)14-12/h3-4,7,13H,2,5-6,12H2,1H3,(H,14,16). The number of ether oxygens (including phenoxy) is 1. The molecule has 4 N–H and O–H groups in total. The molecule has 1 amide bonds. The van der Waals surface area contributed by atoms with Gasteiger partial charge in [0.25, 0.3) is 11.6 Å². The van der Waals surface area contributed by atoms with Gasteiger partial charge in [0.2, 0.25) is 0 Å². The van der Waals surface area contributed by atoms with Gasteiger partial charge in [0.1, 0.15) is 0 Å². The maximum absolute atomic E-state index is 11.6. The van der Waals surface area contributed by atoms with Gasteiger partial charge in [-0.3, -0.25) is 20.3 Å². The second-order valence-corrected chi connectivity index (χ2v) is 3.73. The van der Waals surface area contributed by atoms with Crippen molar-refractivity contribution < 1.29 is 14.5 Å². The maximum Gasteiger partial charge on any atom is 0.270 e. The lowest BCUT2D eigenvalue weighted by Gasteiger charge is -2.10. The summed E-state index contributed by atoms with van der Waals surface area (Å²) < 4.78 is 4.90. The van der Waals surface area contributed by atoms with Gasteiger partial charge in [0.05, 0.1) is 10.5 Å². The molecule has 0 atom stereocenters. The van der Waals surface area contributed by atoms with Crippen molar-refractivity contribution in [1.29, 1.82) is 0 Å². The first-order chi connectivity index (χ1) is 9.10. The second-order valence-electron chi connectivity index (χ2n) is 3.73. The molecule has 19 heavy (non-hydrogen) atoms. The number of anilines is 1. The average Bonchev–Trinajstić information content (AvgIpc) is 2.42. The number of hydrogen-bond acceptors (Lipinski definition) is 6. The van der Waals surface area contributed by atoms with E-state index in [1.54, 1.807) is 7.11 Å². The van der Waals surface area contributed by atoms with Gasteiger partial charge in [0, 0.05) is 38.1 Å². The number of benzene rings is 1. The van der Waals surface area contributed by atoms with Crippen molar-refractivity contribution in [2.24, 2.45) is 5.84 Å². The number of carbonyl (C=O) groups is 1. The van der Waals surface area contributed by atoms with Crippen molar-refractivity contribution in [3.05, 3.63) is 33.9 Å². The van der Waals surface area contributed by atoms with E-state index in [0.29, 0.717) is 18.8 Å². The molecular formula is C11H16N4O4. The van der Waals surface area contributed by atoms with Crippen molar-refractivity contribution in [2.45, 2.75) is 6.42 Å². The minimum Gasteiger partial charge on any atom is -0.385 e. The van der Waals surface area contributed by atoms with E-state index in [4.69, 9.17) is 10.6 Å². The van der Waals surface area contributed by atoms with Gasteiger partial charge in [-0.25, -0.2) is 5.84 Å². The predicted octanol–water partition coefficient (Wildman–Crippen LogP) is 0.647. The Kier molecular flexibility index (Phi) is 5.71. The van der Waals surface area contributed by atoms with E-state index in [1.165, 1.54) is 18.2 Å².